The van der Waals surface area contributed by atoms with Crippen LogP contribution in [0.4, 0.5) is 10.1 Å². The molecule has 92 valence electrons. The summed E-state index contributed by atoms with van der Waals surface area (Å²) in [7, 11) is 0. The summed E-state index contributed by atoms with van der Waals surface area (Å²) in [4.78, 5) is 22.0. The van der Waals surface area contributed by atoms with E-state index in [9.17, 15) is 14.0 Å². The van der Waals surface area contributed by atoms with Crippen molar-refractivity contribution in [2.24, 2.45) is 11.5 Å². The summed E-state index contributed by atoms with van der Waals surface area (Å²) in [6, 6.07) is 2.57. The maximum absolute atomic E-state index is 13.3. The largest absolute Gasteiger partial charge is 0.370 e. The zero-order valence-electron chi connectivity index (χ0n) is 8.74. The topological polar surface area (TPSA) is 98.2 Å². The molecule has 0 bridgehead atoms. The normalized spacial score (nSPS) is 11.9. The van der Waals surface area contributed by atoms with Crippen LogP contribution in [-0.4, -0.2) is 17.9 Å². The molecule has 1 atom stereocenters. The van der Waals surface area contributed by atoms with E-state index in [1.807, 2.05) is 0 Å². The van der Waals surface area contributed by atoms with Crippen LogP contribution in [0.15, 0.2) is 18.2 Å². The number of amides is 2. The Morgan fingerprint density at radius 2 is 2.12 bits per heavy atom. The minimum atomic E-state index is -1.12. The van der Waals surface area contributed by atoms with Gasteiger partial charge in [-0.25, -0.2) is 4.39 Å². The first kappa shape index (κ1) is 13.4. The zero-order chi connectivity index (χ0) is 13.0. The van der Waals surface area contributed by atoms with E-state index in [0.29, 0.717) is 0 Å². The SMILES string of the molecule is NC(=O)CC(N)C(=O)Nc1cc(Cl)ccc1F. The number of primary amides is 1. The van der Waals surface area contributed by atoms with Gasteiger partial charge in [-0.2, -0.15) is 0 Å². The molecule has 0 heterocycles. The number of anilines is 1. The molecule has 0 saturated carbocycles. The number of carbonyl (C=O) groups excluding carboxylic acids is 2. The molecule has 2 amide bonds. The molecule has 17 heavy (non-hydrogen) atoms. The first-order chi connectivity index (χ1) is 7.90. The molecule has 0 saturated heterocycles. The first-order valence-electron chi connectivity index (χ1n) is 4.70. The van der Waals surface area contributed by atoms with Gasteiger partial charge in [-0.05, 0) is 18.2 Å². The van der Waals surface area contributed by atoms with Gasteiger partial charge < -0.3 is 16.8 Å². The van der Waals surface area contributed by atoms with E-state index in [0.717, 1.165) is 6.07 Å². The fourth-order valence-electron chi connectivity index (χ4n) is 1.13. The van der Waals surface area contributed by atoms with Crippen LogP contribution in [-0.2, 0) is 9.59 Å². The lowest BCUT2D eigenvalue weighted by atomic mass is 10.2. The van der Waals surface area contributed by atoms with E-state index in [1.54, 1.807) is 0 Å². The van der Waals surface area contributed by atoms with Gasteiger partial charge in [-0.3, -0.25) is 9.59 Å². The maximum atomic E-state index is 13.3. The van der Waals surface area contributed by atoms with E-state index in [-0.39, 0.29) is 17.1 Å². The summed E-state index contributed by atoms with van der Waals surface area (Å²) in [5.41, 5.74) is 10.2. The van der Waals surface area contributed by atoms with Gasteiger partial charge in [-0.15, -0.1) is 0 Å². The number of carbonyl (C=O) groups is 2. The molecule has 1 aromatic carbocycles. The third-order valence-electron chi connectivity index (χ3n) is 1.94. The molecule has 0 aromatic heterocycles. The lowest BCUT2D eigenvalue weighted by molar-refractivity contribution is -0.123. The summed E-state index contributed by atoms with van der Waals surface area (Å²) in [6.07, 6.45) is -0.311. The van der Waals surface area contributed by atoms with Gasteiger partial charge in [-0.1, -0.05) is 11.6 Å². The quantitative estimate of drug-likeness (QED) is 0.739. The van der Waals surface area contributed by atoms with Crippen molar-refractivity contribution in [3.63, 3.8) is 0 Å². The van der Waals surface area contributed by atoms with Gasteiger partial charge in [0.25, 0.3) is 0 Å². The molecule has 0 aliphatic rings. The van der Waals surface area contributed by atoms with Crippen molar-refractivity contribution in [1.29, 1.82) is 0 Å². The van der Waals surface area contributed by atoms with Crippen LogP contribution >= 0.6 is 11.6 Å². The van der Waals surface area contributed by atoms with Crippen molar-refractivity contribution in [3.05, 3.63) is 29.0 Å². The Kier molecular flexibility index (Phi) is 4.42. The van der Waals surface area contributed by atoms with Gasteiger partial charge in [0.05, 0.1) is 18.2 Å². The van der Waals surface area contributed by atoms with Crippen LogP contribution in [0.3, 0.4) is 0 Å². The standard InChI is InChI=1S/C10H11ClFN3O2/c11-5-1-2-6(12)8(3-5)15-10(17)7(13)4-9(14)16/h1-3,7H,4,13H2,(H2,14,16)(H,15,17). The average molecular weight is 260 g/mol. The number of hydrogen-bond acceptors (Lipinski definition) is 3. The number of rotatable bonds is 4. The number of nitrogens with one attached hydrogen (secondary N) is 1. The van der Waals surface area contributed by atoms with Crippen LogP contribution in [0.25, 0.3) is 0 Å². The summed E-state index contributed by atoms with van der Waals surface area (Å²) >= 11 is 5.64. The van der Waals surface area contributed by atoms with E-state index in [2.05, 4.69) is 5.32 Å². The molecule has 0 fully saturated rings. The van der Waals surface area contributed by atoms with Gasteiger partial charge in [0, 0.05) is 5.02 Å². The molecule has 7 heteroatoms. The number of benzene rings is 1. The van der Waals surface area contributed by atoms with Gasteiger partial charge in [0.15, 0.2) is 0 Å². The first-order valence-corrected chi connectivity index (χ1v) is 5.07. The molecule has 1 aromatic rings. The summed E-state index contributed by atoms with van der Waals surface area (Å²) in [5.74, 6) is -2.06. The number of hydrogen-bond donors (Lipinski definition) is 3. The Morgan fingerprint density at radius 3 is 2.71 bits per heavy atom. The van der Waals surface area contributed by atoms with E-state index < -0.39 is 23.7 Å². The van der Waals surface area contributed by atoms with E-state index in [1.165, 1.54) is 12.1 Å². The highest BCUT2D eigenvalue weighted by molar-refractivity contribution is 6.30. The monoisotopic (exact) mass is 259 g/mol. The second-order valence-electron chi connectivity index (χ2n) is 3.39. The molecule has 5 N–H and O–H groups in total. The molecule has 5 nitrogen and oxygen atoms in total. The predicted octanol–water partition coefficient (Wildman–Crippen LogP) is 0.620. The Hall–Kier alpha value is -1.66. The minimum absolute atomic E-state index is 0.0950. The lowest BCUT2D eigenvalue weighted by Crippen LogP contribution is -2.39. The van der Waals surface area contributed by atoms with Gasteiger partial charge in [0.2, 0.25) is 11.8 Å². The Bertz CT molecular complexity index is 453. The fraction of sp³-hybridized carbons (Fsp3) is 0.200. The molecule has 0 aliphatic heterocycles. The molecule has 0 radical (unpaired) electrons. The molecule has 1 rings (SSSR count). The fourth-order valence-corrected chi connectivity index (χ4v) is 1.30. The lowest BCUT2D eigenvalue weighted by Gasteiger charge is -2.11. The third-order valence-corrected chi connectivity index (χ3v) is 2.18. The highest BCUT2D eigenvalue weighted by atomic mass is 35.5. The van der Waals surface area contributed by atoms with Crippen LogP contribution < -0.4 is 16.8 Å². The van der Waals surface area contributed by atoms with Crippen molar-refractivity contribution in [2.45, 2.75) is 12.5 Å². The number of halogens is 2. The van der Waals surface area contributed by atoms with E-state index >= 15 is 0 Å². The summed E-state index contributed by atoms with van der Waals surface area (Å²) in [6.45, 7) is 0. The van der Waals surface area contributed by atoms with Crippen molar-refractivity contribution in [1.82, 2.24) is 0 Å². The Balaban J connectivity index is 2.73. The maximum Gasteiger partial charge on any atom is 0.241 e. The van der Waals surface area contributed by atoms with Crippen LogP contribution in [0.5, 0.6) is 0 Å². The van der Waals surface area contributed by atoms with Crippen LogP contribution in [0.2, 0.25) is 5.02 Å². The smallest absolute Gasteiger partial charge is 0.241 e. The minimum Gasteiger partial charge on any atom is -0.370 e. The Labute approximate surface area is 102 Å². The van der Waals surface area contributed by atoms with Gasteiger partial charge in [0.1, 0.15) is 5.82 Å². The Morgan fingerprint density at radius 1 is 1.47 bits per heavy atom. The highest BCUT2D eigenvalue weighted by Gasteiger charge is 2.17. The number of nitrogens with two attached hydrogens (primary N) is 2. The van der Waals surface area contributed by atoms with Crippen molar-refractivity contribution in [3.8, 4) is 0 Å². The van der Waals surface area contributed by atoms with E-state index in [4.69, 9.17) is 23.1 Å². The average Bonchev–Trinajstić information content (AvgIpc) is 2.22. The van der Waals surface area contributed by atoms with Gasteiger partial charge >= 0.3 is 0 Å². The second kappa shape index (κ2) is 5.60. The van der Waals surface area contributed by atoms with Crippen LogP contribution in [0, 0.1) is 5.82 Å². The predicted molar refractivity (Wildman–Crippen MR) is 61.8 cm³/mol. The molecule has 0 spiro atoms. The van der Waals surface area contributed by atoms with Crippen molar-refractivity contribution >= 4 is 29.1 Å². The molecular weight excluding hydrogens is 249 g/mol. The van der Waals surface area contributed by atoms with Crippen molar-refractivity contribution < 1.29 is 14.0 Å². The second-order valence-corrected chi connectivity index (χ2v) is 3.83. The zero-order valence-corrected chi connectivity index (χ0v) is 9.50. The summed E-state index contributed by atoms with van der Waals surface area (Å²) in [5, 5.41) is 2.49. The van der Waals surface area contributed by atoms with Crippen molar-refractivity contribution in [2.75, 3.05) is 5.32 Å². The van der Waals surface area contributed by atoms with Crippen LogP contribution in [0.1, 0.15) is 6.42 Å². The molecule has 1 unspecified atom stereocenters. The third kappa shape index (κ3) is 4.01. The summed E-state index contributed by atoms with van der Waals surface area (Å²) < 4.78 is 13.3. The molecular formula is C10H11ClFN3O2. The highest BCUT2D eigenvalue weighted by Crippen LogP contribution is 2.19. The molecule has 0 aliphatic carbocycles.